The number of nitrogens with zero attached hydrogens (tertiary/aromatic N) is 4. The Labute approximate surface area is 166 Å². The van der Waals surface area contributed by atoms with E-state index >= 15 is 0 Å². The predicted molar refractivity (Wildman–Crippen MR) is 109 cm³/mol. The minimum atomic E-state index is -0.522. The van der Waals surface area contributed by atoms with Gasteiger partial charge in [0.1, 0.15) is 5.82 Å². The largest absolute Gasteiger partial charge is 0.319 e. The summed E-state index contributed by atoms with van der Waals surface area (Å²) in [5, 5.41) is 15.1. The number of rotatable bonds is 3. The first-order valence-corrected chi connectivity index (χ1v) is 10.0. The summed E-state index contributed by atoms with van der Waals surface area (Å²) in [5.41, 5.74) is 0.649. The number of aromatic nitrogens is 4. The number of thiophene rings is 2. The number of aryl methyl sites for hydroxylation is 1. The molecular formula is C19H12FN5OS2. The number of hydrogen-bond acceptors (Lipinski definition) is 6. The quantitative estimate of drug-likeness (QED) is 0.465. The molecule has 6 nitrogen and oxygen atoms in total. The van der Waals surface area contributed by atoms with Crippen molar-refractivity contribution in [2.75, 3.05) is 5.32 Å². The van der Waals surface area contributed by atoms with E-state index in [2.05, 4.69) is 26.9 Å². The molecule has 3 heterocycles. The zero-order valence-corrected chi connectivity index (χ0v) is 16.1. The van der Waals surface area contributed by atoms with Gasteiger partial charge in [0.2, 0.25) is 0 Å². The SMILES string of the molecule is Cc1nnnn1-c1ccc(F)c(NC(=O)c2cc3sc4ccccc4c3s2)c1. The molecule has 28 heavy (non-hydrogen) atoms. The van der Waals surface area contributed by atoms with Gasteiger partial charge in [-0.3, -0.25) is 4.79 Å². The van der Waals surface area contributed by atoms with Crippen molar-refractivity contribution in [3.8, 4) is 5.69 Å². The fourth-order valence-electron chi connectivity index (χ4n) is 3.01. The standard InChI is InChI=1S/C19H12FN5OS2/c1-10-22-23-24-25(10)11-6-7-13(20)14(8-11)21-19(26)17-9-16-18(28-17)12-4-2-3-5-15(12)27-16/h2-9H,1H3,(H,21,26). The third kappa shape index (κ3) is 2.76. The van der Waals surface area contributed by atoms with Crippen molar-refractivity contribution in [1.82, 2.24) is 20.2 Å². The summed E-state index contributed by atoms with van der Waals surface area (Å²) in [6.45, 7) is 1.74. The van der Waals surface area contributed by atoms with Crippen LogP contribution >= 0.6 is 22.7 Å². The minimum absolute atomic E-state index is 0.0824. The molecule has 0 aliphatic rings. The van der Waals surface area contributed by atoms with Gasteiger partial charge in [0.15, 0.2) is 5.82 Å². The molecule has 138 valence electrons. The highest BCUT2D eigenvalue weighted by Gasteiger charge is 2.16. The van der Waals surface area contributed by atoms with Gasteiger partial charge in [-0.15, -0.1) is 27.8 Å². The Hall–Kier alpha value is -3.17. The second kappa shape index (κ2) is 6.47. The van der Waals surface area contributed by atoms with E-state index < -0.39 is 5.82 Å². The van der Waals surface area contributed by atoms with Gasteiger partial charge in [-0.1, -0.05) is 18.2 Å². The second-order valence-corrected chi connectivity index (χ2v) is 8.29. The van der Waals surface area contributed by atoms with E-state index in [0.717, 1.165) is 14.8 Å². The Morgan fingerprint density at radius 2 is 1.96 bits per heavy atom. The van der Waals surface area contributed by atoms with Crippen molar-refractivity contribution in [3.05, 3.63) is 65.0 Å². The lowest BCUT2D eigenvalue weighted by Gasteiger charge is -2.08. The molecule has 1 amide bonds. The first-order chi connectivity index (χ1) is 13.6. The van der Waals surface area contributed by atoms with Crippen molar-refractivity contribution >= 4 is 53.8 Å². The van der Waals surface area contributed by atoms with Crippen LogP contribution in [0.25, 0.3) is 25.2 Å². The molecule has 9 heteroatoms. The van der Waals surface area contributed by atoms with E-state index in [1.807, 2.05) is 24.3 Å². The van der Waals surface area contributed by atoms with Gasteiger partial charge >= 0.3 is 0 Å². The van der Waals surface area contributed by atoms with Crippen LogP contribution in [-0.4, -0.2) is 26.1 Å². The molecule has 3 aromatic heterocycles. The Bertz CT molecular complexity index is 1350. The summed E-state index contributed by atoms with van der Waals surface area (Å²) in [6, 6.07) is 14.3. The first-order valence-electron chi connectivity index (χ1n) is 8.37. The zero-order chi connectivity index (χ0) is 19.3. The smallest absolute Gasteiger partial charge is 0.265 e. The maximum Gasteiger partial charge on any atom is 0.265 e. The summed E-state index contributed by atoms with van der Waals surface area (Å²) < 4.78 is 19.1. The topological polar surface area (TPSA) is 72.7 Å². The Balaban J connectivity index is 1.48. The van der Waals surface area contributed by atoms with Crippen LogP contribution in [0, 0.1) is 12.7 Å². The van der Waals surface area contributed by atoms with Crippen molar-refractivity contribution in [2.45, 2.75) is 6.92 Å². The summed E-state index contributed by atoms with van der Waals surface area (Å²) in [6.07, 6.45) is 0. The second-order valence-electron chi connectivity index (χ2n) is 6.16. The maximum atomic E-state index is 14.3. The molecular weight excluding hydrogens is 397 g/mol. The molecule has 0 bridgehead atoms. The molecule has 0 saturated heterocycles. The van der Waals surface area contributed by atoms with E-state index in [0.29, 0.717) is 16.4 Å². The van der Waals surface area contributed by atoms with Crippen LogP contribution in [0.1, 0.15) is 15.5 Å². The molecule has 0 saturated carbocycles. The summed E-state index contributed by atoms with van der Waals surface area (Å²) in [7, 11) is 0. The normalized spacial score (nSPS) is 11.4. The molecule has 0 aliphatic heterocycles. The lowest BCUT2D eigenvalue weighted by molar-refractivity contribution is 0.103. The third-order valence-corrected chi connectivity index (χ3v) is 6.76. The first kappa shape index (κ1) is 17.0. The number of benzene rings is 2. The van der Waals surface area contributed by atoms with Gasteiger partial charge in [0, 0.05) is 14.8 Å². The van der Waals surface area contributed by atoms with Gasteiger partial charge in [0.05, 0.1) is 21.0 Å². The van der Waals surface area contributed by atoms with Crippen molar-refractivity contribution < 1.29 is 9.18 Å². The number of hydrogen-bond donors (Lipinski definition) is 1. The number of tetrazole rings is 1. The molecule has 5 aromatic rings. The number of fused-ring (bicyclic) bond motifs is 3. The number of nitrogens with one attached hydrogen (secondary N) is 1. The molecule has 2 aromatic carbocycles. The van der Waals surface area contributed by atoms with Gasteiger partial charge in [-0.25, -0.2) is 4.39 Å². The van der Waals surface area contributed by atoms with Crippen LogP contribution in [0.5, 0.6) is 0 Å². The predicted octanol–water partition coefficient (Wildman–Crippen LogP) is 4.79. The van der Waals surface area contributed by atoms with Crippen LogP contribution < -0.4 is 5.32 Å². The molecule has 0 spiro atoms. The van der Waals surface area contributed by atoms with Crippen LogP contribution in [0.4, 0.5) is 10.1 Å². The molecule has 0 aliphatic carbocycles. The lowest BCUT2D eigenvalue weighted by Crippen LogP contribution is -2.12. The molecule has 0 radical (unpaired) electrons. The van der Waals surface area contributed by atoms with E-state index in [4.69, 9.17) is 0 Å². The van der Waals surface area contributed by atoms with Gasteiger partial charge < -0.3 is 5.32 Å². The lowest BCUT2D eigenvalue weighted by atomic mass is 10.2. The number of halogens is 1. The van der Waals surface area contributed by atoms with Crippen molar-refractivity contribution in [2.24, 2.45) is 0 Å². The van der Waals surface area contributed by atoms with Gasteiger partial charge in [0.25, 0.3) is 5.91 Å². The highest BCUT2D eigenvalue weighted by Crippen LogP contribution is 2.39. The fourth-order valence-corrected chi connectivity index (χ4v) is 5.43. The minimum Gasteiger partial charge on any atom is -0.319 e. The summed E-state index contributed by atoms with van der Waals surface area (Å²) in [4.78, 5) is 13.3. The third-order valence-electron chi connectivity index (χ3n) is 4.34. The van der Waals surface area contributed by atoms with Gasteiger partial charge in [-0.2, -0.15) is 4.68 Å². The molecule has 0 fully saturated rings. The molecule has 1 N–H and O–H groups in total. The highest BCUT2D eigenvalue weighted by atomic mass is 32.1. The Kier molecular flexibility index (Phi) is 3.92. The van der Waals surface area contributed by atoms with Crippen molar-refractivity contribution in [1.29, 1.82) is 0 Å². The Morgan fingerprint density at radius 1 is 1.11 bits per heavy atom. The van der Waals surface area contributed by atoms with E-state index in [-0.39, 0.29) is 11.6 Å². The highest BCUT2D eigenvalue weighted by molar-refractivity contribution is 7.33. The monoisotopic (exact) mass is 409 g/mol. The molecule has 5 rings (SSSR count). The average molecular weight is 409 g/mol. The maximum absolute atomic E-state index is 14.3. The van der Waals surface area contributed by atoms with E-state index in [9.17, 15) is 9.18 Å². The van der Waals surface area contributed by atoms with E-state index in [1.165, 1.54) is 32.9 Å². The number of anilines is 1. The Morgan fingerprint density at radius 3 is 2.79 bits per heavy atom. The molecule has 0 atom stereocenters. The zero-order valence-electron chi connectivity index (χ0n) is 14.5. The fraction of sp³-hybridized carbons (Fsp3) is 0.0526. The summed E-state index contributed by atoms with van der Waals surface area (Å²) in [5.74, 6) is -0.303. The number of amides is 1. The van der Waals surface area contributed by atoms with Crippen molar-refractivity contribution in [3.63, 3.8) is 0 Å². The number of carbonyl (C=O) groups is 1. The van der Waals surface area contributed by atoms with Crippen LogP contribution in [-0.2, 0) is 0 Å². The molecule has 0 unspecified atom stereocenters. The van der Waals surface area contributed by atoms with Crippen LogP contribution in [0.2, 0.25) is 0 Å². The van der Waals surface area contributed by atoms with Crippen LogP contribution in [0.15, 0.2) is 48.5 Å². The van der Waals surface area contributed by atoms with Gasteiger partial charge in [-0.05, 0) is 47.7 Å². The summed E-state index contributed by atoms with van der Waals surface area (Å²) >= 11 is 3.05. The van der Waals surface area contributed by atoms with Crippen LogP contribution in [0.3, 0.4) is 0 Å². The van der Waals surface area contributed by atoms with E-state index in [1.54, 1.807) is 24.3 Å². The number of carbonyl (C=O) groups excluding carboxylic acids is 1. The average Bonchev–Trinajstić information content (AvgIpc) is 3.37.